The summed E-state index contributed by atoms with van der Waals surface area (Å²) in [4.78, 5) is 25.0. The Morgan fingerprint density at radius 2 is 1.46 bits per heavy atom. The van der Waals surface area contributed by atoms with Crippen LogP contribution in [0.15, 0.2) is 60.7 Å². The van der Waals surface area contributed by atoms with Gasteiger partial charge in [0.25, 0.3) is 0 Å². The first kappa shape index (κ1) is 17.9. The van der Waals surface area contributed by atoms with E-state index in [0.29, 0.717) is 6.42 Å². The smallest absolute Gasteiger partial charge is 0.240 e. The van der Waals surface area contributed by atoms with Crippen molar-refractivity contribution in [2.45, 2.75) is 38.3 Å². The molecule has 2 aromatic rings. The minimum Gasteiger partial charge on any atom is -0.344 e. The highest BCUT2D eigenvalue weighted by atomic mass is 16.2. The van der Waals surface area contributed by atoms with Crippen molar-refractivity contribution in [3.8, 4) is 0 Å². The molecule has 0 aliphatic heterocycles. The summed E-state index contributed by atoms with van der Waals surface area (Å²) >= 11 is 0. The Kier molecular flexibility index (Phi) is 5.88. The summed E-state index contributed by atoms with van der Waals surface area (Å²) in [6.45, 7) is 3.26. The second-order valence-corrected chi connectivity index (χ2v) is 6.57. The van der Waals surface area contributed by atoms with Crippen LogP contribution in [0.1, 0.15) is 25.0 Å². The second kappa shape index (κ2) is 7.88. The number of nitrogens with one attached hydrogen (secondary N) is 1. The van der Waals surface area contributed by atoms with Crippen LogP contribution in [0.4, 0.5) is 0 Å². The van der Waals surface area contributed by atoms with Gasteiger partial charge in [0.15, 0.2) is 5.78 Å². The van der Waals surface area contributed by atoms with Crippen molar-refractivity contribution in [3.63, 3.8) is 0 Å². The number of rotatable bonds is 7. The van der Waals surface area contributed by atoms with Crippen molar-refractivity contribution >= 4 is 11.7 Å². The minimum absolute atomic E-state index is 0.0253. The van der Waals surface area contributed by atoms with Gasteiger partial charge < -0.3 is 11.1 Å². The molecule has 0 radical (unpaired) electrons. The summed E-state index contributed by atoms with van der Waals surface area (Å²) in [5.41, 5.74) is 6.76. The van der Waals surface area contributed by atoms with Gasteiger partial charge >= 0.3 is 0 Å². The molecule has 4 nitrogen and oxygen atoms in total. The van der Waals surface area contributed by atoms with Crippen LogP contribution in [0, 0.1) is 0 Å². The lowest BCUT2D eigenvalue weighted by Gasteiger charge is -2.24. The average molecular weight is 324 g/mol. The fourth-order valence-electron chi connectivity index (χ4n) is 2.36. The topological polar surface area (TPSA) is 72.2 Å². The van der Waals surface area contributed by atoms with Gasteiger partial charge in [0.1, 0.15) is 0 Å². The molecule has 1 atom stereocenters. The summed E-state index contributed by atoms with van der Waals surface area (Å²) in [6, 6.07) is 18.6. The van der Waals surface area contributed by atoms with Crippen molar-refractivity contribution in [2.24, 2.45) is 5.73 Å². The molecular weight excluding hydrogens is 300 g/mol. The number of carbonyl (C=O) groups excluding carboxylic acids is 2. The molecule has 1 unspecified atom stereocenters. The Morgan fingerprint density at radius 3 is 1.96 bits per heavy atom. The highest BCUT2D eigenvalue weighted by Crippen LogP contribution is 2.09. The van der Waals surface area contributed by atoms with Gasteiger partial charge in [0, 0.05) is 6.42 Å². The maximum Gasteiger partial charge on any atom is 0.240 e. The lowest BCUT2D eigenvalue weighted by atomic mass is 9.96. The number of carbonyl (C=O) groups is 2. The third kappa shape index (κ3) is 5.32. The molecule has 4 heteroatoms. The molecule has 0 aromatic heterocycles. The zero-order valence-corrected chi connectivity index (χ0v) is 14.2. The van der Waals surface area contributed by atoms with Gasteiger partial charge in [0.2, 0.25) is 5.91 Å². The van der Waals surface area contributed by atoms with Crippen LogP contribution >= 0.6 is 0 Å². The second-order valence-electron chi connectivity index (χ2n) is 6.57. The van der Waals surface area contributed by atoms with Crippen molar-refractivity contribution < 1.29 is 9.59 Å². The maximum atomic E-state index is 12.7. The number of nitrogens with two attached hydrogens (primary N) is 1. The zero-order valence-electron chi connectivity index (χ0n) is 14.2. The van der Waals surface area contributed by atoms with Crippen LogP contribution in [-0.4, -0.2) is 23.3 Å². The monoisotopic (exact) mass is 324 g/mol. The predicted octanol–water partition coefficient (Wildman–Crippen LogP) is 2.26. The van der Waals surface area contributed by atoms with Crippen LogP contribution < -0.4 is 11.1 Å². The van der Waals surface area contributed by atoms with Crippen molar-refractivity contribution in [1.29, 1.82) is 0 Å². The molecule has 0 saturated carbocycles. The predicted molar refractivity (Wildman–Crippen MR) is 95.5 cm³/mol. The van der Waals surface area contributed by atoms with E-state index in [-0.39, 0.29) is 18.1 Å². The van der Waals surface area contributed by atoms with E-state index in [9.17, 15) is 9.59 Å². The molecule has 0 saturated heterocycles. The Bertz CT molecular complexity index is 676. The molecule has 1 amide bonds. The number of amides is 1. The normalized spacial score (nSPS) is 12.5. The van der Waals surface area contributed by atoms with Gasteiger partial charge in [-0.15, -0.1) is 0 Å². The lowest BCUT2D eigenvalue weighted by molar-refractivity contribution is -0.130. The fraction of sp³-hybridized carbons (Fsp3) is 0.300. The lowest BCUT2D eigenvalue weighted by Crippen LogP contribution is -2.54. The van der Waals surface area contributed by atoms with E-state index < -0.39 is 11.6 Å². The minimum atomic E-state index is -1.03. The van der Waals surface area contributed by atoms with E-state index in [4.69, 9.17) is 5.73 Å². The van der Waals surface area contributed by atoms with E-state index in [0.717, 1.165) is 11.1 Å². The highest BCUT2D eigenvalue weighted by Gasteiger charge is 2.28. The molecule has 24 heavy (non-hydrogen) atoms. The number of ketones is 1. The maximum absolute atomic E-state index is 12.7. The fourth-order valence-corrected chi connectivity index (χ4v) is 2.36. The average Bonchev–Trinajstić information content (AvgIpc) is 2.55. The highest BCUT2D eigenvalue weighted by molar-refractivity contribution is 5.93. The quantitative estimate of drug-likeness (QED) is 0.820. The Hall–Kier alpha value is -2.46. The molecule has 126 valence electrons. The van der Waals surface area contributed by atoms with Crippen molar-refractivity contribution in [2.75, 3.05) is 0 Å². The largest absolute Gasteiger partial charge is 0.344 e. The summed E-state index contributed by atoms with van der Waals surface area (Å²) in [5.74, 6) is -0.354. The Balaban J connectivity index is 2.15. The summed E-state index contributed by atoms with van der Waals surface area (Å²) < 4.78 is 0. The third-order valence-corrected chi connectivity index (χ3v) is 3.78. The molecule has 3 N–H and O–H groups in total. The van der Waals surface area contributed by atoms with Gasteiger partial charge in [0.05, 0.1) is 11.6 Å². The SMILES string of the molecule is CC(C)(N)C(=O)NC(Cc1ccccc1)C(=O)Cc1ccccc1. The van der Waals surface area contributed by atoms with Gasteiger partial charge in [-0.1, -0.05) is 60.7 Å². The van der Waals surface area contributed by atoms with Gasteiger partial charge in [-0.05, 0) is 31.4 Å². The van der Waals surface area contributed by atoms with Gasteiger partial charge in [-0.3, -0.25) is 9.59 Å². The molecule has 0 fully saturated rings. The van der Waals surface area contributed by atoms with E-state index in [1.165, 1.54) is 0 Å². The Morgan fingerprint density at radius 1 is 0.958 bits per heavy atom. The molecule has 0 heterocycles. The first-order valence-electron chi connectivity index (χ1n) is 8.06. The molecule has 2 rings (SSSR count). The molecule has 2 aromatic carbocycles. The first-order chi connectivity index (χ1) is 11.4. The summed E-state index contributed by atoms with van der Waals surface area (Å²) in [7, 11) is 0. The van der Waals surface area contributed by atoms with E-state index in [1.807, 2.05) is 60.7 Å². The van der Waals surface area contributed by atoms with Crippen LogP contribution in [0.2, 0.25) is 0 Å². The summed E-state index contributed by atoms with van der Waals surface area (Å²) in [6.07, 6.45) is 0.734. The number of Topliss-reactive ketones (excluding diaryl/α,β-unsaturated/α-hetero) is 1. The number of hydrogen-bond donors (Lipinski definition) is 2. The molecule has 0 aliphatic carbocycles. The van der Waals surface area contributed by atoms with Crippen LogP contribution in [0.25, 0.3) is 0 Å². The van der Waals surface area contributed by atoms with Gasteiger partial charge in [-0.25, -0.2) is 0 Å². The zero-order chi connectivity index (χ0) is 17.6. The third-order valence-electron chi connectivity index (χ3n) is 3.78. The van der Waals surface area contributed by atoms with Crippen LogP contribution in [0.5, 0.6) is 0 Å². The van der Waals surface area contributed by atoms with Crippen molar-refractivity contribution in [3.05, 3.63) is 71.8 Å². The molecule has 0 aliphatic rings. The van der Waals surface area contributed by atoms with Crippen LogP contribution in [-0.2, 0) is 22.4 Å². The summed E-state index contributed by atoms with van der Waals surface area (Å²) in [5, 5.41) is 2.81. The van der Waals surface area contributed by atoms with Crippen LogP contribution in [0.3, 0.4) is 0 Å². The molecular formula is C20H24N2O2. The standard InChI is InChI=1S/C20H24N2O2/c1-20(2,21)19(24)22-17(13-15-9-5-3-6-10-15)18(23)14-16-11-7-4-8-12-16/h3-12,17H,13-14,21H2,1-2H3,(H,22,24). The Labute approximate surface area is 143 Å². The first-order valence-corrected chi connectivity index (χ1v) is 8.06. The van der Waals surface area contributed by atoms with E-state index in [1.54, 1.807) is 13.8 Å². The number of benzene rings is 2. The molecule has 0 bridgehead atoms. The van der Waals surface area contributed by atoms with Gasteiger partial charge in [-0.2, -0.15) is 0 Å². The van der Waals surface area contributed by atoms with E-state index >= 15 is 0 Å². The van der Waals surface area contributed by atoms with Crippen molar-refractivity contribution in [1.82, 2.24) is 5.32 Å². The van der Waals surface area contributed by atoms with E-state index in [2.05, 4.69) is 5.32 Å². The number of hydrogen-bond acceptors (Lipinski definition) is 3. The molecule has 0 spiro atoms.